The second-order valence-corrected chi connectivity index (χ2v) is 6.34. The molecule has 0 bridgehead atoms. The SMILES string of the molecule is Nc1ccc(CC(=O)NCC2(c3ccc(F)cc3)CCC2)cc1. The van der Waals surface area contributed by atoms with Crippen molar-refractivity contribution >= 4 is 11.6 Å². The van der Waals surface area contributed by atoms with E-state index in [1.807, 2.05) is 24.3 Å². The van der Waals surface area contributed by atoms with E-state index in [1.54, 1.807) is 12.1 Å². The molecule has 1 aliphatic carbocycles. The Balaban J connectivity index is 1.60. The quantitative estimate of drug-likeness (QED) is 0.833. The highest BCUT2D eigenvalue weighted by atomic mass is 19.1. The lowest BCUT2D eigenvalue weighted by Crippen LogP contribution is -2.45. The van der Waals surface area contributed by atoms with Crippen LogP contribution in [0.2, 0.25) is 0 Å². The minimum Gasteiger partial charge on any atom is -0.399 e. The number of benzene rings is 2. The molecule has 0 aromatic heterocycles. The topological polar surface area (TPSA) is 55.1 Å². The summed E-state index contributed by atoms with van der Waals surface area (Å²) >= 11 is 0. The van der Waals surface area contributed by atoms with Gasteiger partial charge in [0.15, 0.2) is 0 Å². The molecule has 2 aromatic rings. The number of halogens is 1. The minimum atomic E-state index is -0.226. The van der Waals surface area contributed by atoms with Gasteiger partial charge in [0.25, 0.3) is 0 Å². The fourth-order valence-corrected chi connectivity index (χ4v) is 3.13. The summed E-state index contributed by atoms with van der Waals surface area (Å²) in [5.41, 5.74) is 8.36. The highest BCUT2D eigenvalue weighted by Crippen LogP contribution is 2.43. The van der Waals surface area contributed by atoms with Crippen molar-refractivity contribution in [3.63, 3.8) is 0 Å². The van der Waals surface area contributed by atoms with Gasteiger partial charge in [0.1, 0.15) is 5.82 Å². The Labute approximate surface area is 135 Å². The van der Waals surface area contributed by atoms with Crippen LogP contribution < -0.4 is 11.1 Å². The number of rotatable bonds is 5. The number of hydrogen-bond acceptors (Lipinski definition) is 2. The Bertz CT molecular complexity index is 676. The highest BCUT2D eigenvalue weighted by molar-refractivity contribution is 5.78. The number of carbonyl (C=O) groups is 1. The molecule has 0 unspecified atom stereocenters. The molecule has 0 saturated heterocycles. The first-order valence-electron chi connectivity index (χ1n) is 7.95. The lowest BCUT2D eigenvalue weighted by Gasteiger charge is -2.42. The Morgan fingerprint density at radius 2 is 1.74 bits per heavy atom. The van der Waals surface area contributed by atoms with E-state index in [0.29, 0.717) is 18.7 Å². The van der Waals surface area contributed by atoms with Gasteiger partial charge in [0.05, 0.1) is 6.42 Å². The fourth-order valence-electron chi connectivity index (χ4n) is 3.13. The number of carbonyl (C=O) groups excluding carboxylic acids is 1. The fraction of sp³-hybridized carbons (Fsp3) is 0.316. The van der Waals surface area contributed by atoms with Crippen LogP contribution in [0.3, 0.4) is 0 Å². The van der Waals surface area contributed by atoms with Crippen LogP contribution in [0.25, 0.3) is 0 Å². The third-order valence-electron chi connectivity index (χ3n) is 4.74. The van der Waals surface area contributed by atoms with E-state index in [1.165, 1.54) is 12.1 Å². The lowest BCUT2D eigenvalue weighted by molar-refractivity contribution is -0.120. The van der Waals surface area contributed by atoms with Crippen molar-refractivity contribution in [1.29, 1.82) is 0 Å². The number of amides is 1. The smallest absolute Gasteiger partial charge is 0.224 e. The van der Waals surface area contributed by atoms with Crippen LogP contribution in [-0.2, 0) is 16.6 Å². The summed E-state index contributed by atoms with van der Waals surface area (Å²) in [5.74, 6) is -0.223. The minimum absolute atomic E-state index is 0.00292. The number of nitrogen functional groups attached to an aromatic ring is 1. The number of nitrogens with two attached hydrogens (primary N) is 1. The molecule has 0 heterocycles. The average Bonchev–Trinajstić information content (AvgIpc) is 2.50. The van der Waals surface area contributed by atoms with Crippen molar-refractivity contribution in [3.8, 4) is 0 Å². The summed E-state index contributed by atoms with van der Waals surface area (Å²) in [6.45, 7) is 0.604. The maximum atomic E-state index is 13.1. The van der Waals surface area contributed by atoms with Crippen molar-refractivity contribution < 1.29 is 9.18 Å². The Morgan fingerprint density at radius 3 is 2.30 bits per heavy atom. The van der Waals surface area contributed by atoms with Gasteiger partial charge in [-0.2, -0.15) is 0 Å². The van der Waals surface area contributed by atoms with Gasteiger partial charge in [-0.25, -0.2) is 4.39 Å². The molecule has 0 radical (unpaired) electrons. The summed E-state index contributed by atoms with van der Waals surface area (Å²) in [6.07, 6.45) is 3.55. The lowest BCUT2D eigenvalue weighted by atomic mass is 9.64. The molecule has 3 N–H and O–H groups in total. The molecule has 1 amide bonds. The Hall–Kier alpha value is -2.36. The maximum absolute atomic E-state index is 13.1. The van der Waals surface area contributed by atoms with Crippen LogP contribution in [0.15, 0.2) is 48.5 Å². The summed E-state index contributed by atoms with van der Waals surface area (Å²) in [7, 11) is 0. The van der Waals surface area contributed by atoms with Crippen LogP contribution in [0.1, 0.15) is 30.4 Å². The summed E-state index contributed by atoms with van der Waals surface area (Å²) in [6, 6.07) is 14.0. The van der Waals surface area contributed by atoms with E-state index >= 15 is 0 Å². The highest BCUT2D eigenvalue weighted by Gasteiger charge is 2.38. The zero-order valence-electron chi connectivity index (χ0n) is 13.0. The second kappa shape index (κ2) is 6.41. The van der Waals surface area contributed by atoms with E-state index in [0.717, 1.165) is 30.4 Å². The van der Waals surface area contributed by atoms with Gasteiger partial charge in [0, 0.05) is 17.6 Å². The first-order valence-corrected chi connectivity index (χ1v) is 7.95. The van der Waals surface area contributed by atoms with E-state index in [4.69, 9.17) is 5.73 Å². The Morgan fingerprint density at radius 1 is 1.09 bits per heavy atom. The first-order chi connectivity index (χ1) is 11.1. The van der Waals surface area contributed by atoms with Crippen molar-refractivity contribution in [2.75, 3.05) is 12.3 Å². The van der Waals surface area contributed by atoms with E-state index < -0.39 is 0 Å². The molecular formula is C19H21FN2O. The maximum Gasteiger partial charge on any atom is 0.224 e. The van der Waals surface area contributed by atoms with E-state index in [2.05, 4.69) is 5.32 Å². The third kappa shape index (κ3) is 3.52. The van der Waals surface area contributed by atoms with Crippen molar-refractivity contribution in [1.82, 2.24) is 5.32 Å². The molecule has 1 aliphatic rings. The second-order valence-electron chi connectivity index (χ2n) is 6.34. The molecule has 0 spiro atoms. The zero-order chi connectivity index (χ0) is 16.3. The predicted molar refractivity (Wildman–Crippen MR) is 89.5 cm³/mol. The number of anilines is 1. The largest absolute Gasteiger partial charge is 0.399 e. The predicted octanol–water partition coefficient (Wildman–Crippen LogP) is 3.19. The van der Waals surface area contributed by atoms with Gasteiger partial charge >= 0.3 is 0 Å². The molecule has 0 aliphatic heterocycles. The molecule has 4 heteroatoms. The van der Waals surface area contributed by atoms with Crippen molar-refractivity contribution in [3.05, 3.63) is 65.5 Å². The first kappa shape index (κ1) is 15.5. The van der Waals surface area contributed by atoms with Gasteiger partial charge in [-0.15, -0.1) is 0 Å². The van der Waals surface area contributed by atoms with Gasteiger partial charge in [-0.3, -0.25) is 4.79 Å². The molecule has 1 saturated carbocycles. The number of nitrogens with one attached hydrogen (secondary N) is 1. The van der Waals surface area contributed by atoms with Crippen molar-refractivity contribution in [2.24, 2.45) is 0 Å². The van der Waals surface area contributed by atoms with Gasteiger partial charge in [-0.05, 0) is 48.2 Å². The molecule has 120 valence electrons. The molecule has 2 aromatic carbocycles. The standard InChI is InChI=1S/C19H21FN2O/c20-16-6-4-15(5-7-16)19(10-1-11-19)13-22-18(23)12-14-2-8-17(21)9-3-14/h2-9H,1,10-13,21H2,(H,22,23). The molecule has 23 heavy (non-hydrogen) atoms. The van der Waals surface area contributed by atoms with Crippen LogP contribution in [0.5, 0.6) is 0 Å². The molecule has 3 nitrogen and oxygen atoms in total. The summed E-state index contributed by atoms with van der Waals surface area (Å²) in [4.78, 5) is 12.2. The van der Waals surface area contributed by atoms with Crippen molar-refractivity contribution in [2.45, 2.75) is 31.1 Å². The van der Waals surface area contributed by atoms with Crippen LogP contribution >= 0.6 is 0 Å². The van der Waals surface area contributed by atoms with E-state index in [-0.39, 0.29) is 17.1 Å². The van der Waals surface area contributed by atoms with Gasteiger partial charge < -0.3 is 11.1 Å². The molecular weight excluding hydrogens is 291 g/mol. The third-order valence-corrected chi connectivity index (χ3v) is 4.74. The molecule has 0 atom stereocenters. The normalized spacial score (nSPS) is 15.7. The summed E-state index contributed by atoms with van der Waals surface area (Å²) < 4.78 is 13.1. The summed E-state index contributed by atoms with van der Waals surface area (Å²) in [5, 5.41) is 3.04. The molecule has 1 fully saturated rings. The van der Waals surface area contributed by atoms with Gasteiger partial charge in [0.2, 0.25) is 5.91 Å². The monoisotopic (exact) mass is 312 g/mol. The van der Waals surface area contributed by atoms with Crippen LogP contribution in [0, 0.1) is 5.82 Å². The zero-order valence-corrected chi connectivity index (χ0v) is 13.0. The van der Waals surface area contributed by atoms with Gasteiger partial charge in [-0.1, -0.05) is 30.7 Å². The van der Waals surface area contributed by atoms with Crippen LogP contribution in [-0.4, -0.2) is 12.5 Å². The average molecular weight is 312 g/mol. The Kier molecular flexibility index (Phi) is 4.33. The molecule has 3 rings (SSSR count). The van der Waals surface area contributed by atoms with E-state index in [9.17, 15) is 9.18 Å². The van der Waals surface area contributed by atoms with Crippen LogP contribution in [0.4, 0.5) is 10.1 Å². The number of hydrogen-bond donors (Lipinski definition) is 2.